The van der Waals surface area contributed by atoms with Crippen LogP contribution in [-0.4, -0.2) is 20.9 Å². The van der Waals surface area contributed by atoms with Crippen molar-refractivity contribution in [1.82, 2.24) is 0 Å². The first-order chi connectivity index (χ1) is 8.40. The summed E-state index contributed by atoms with van der Waals surface area (Å²) < 4.78 is 22.7. The van der Waals surface area contributed by atoms with Gasteiger partial charge >= 0.3 is 0 Å². The molecule has 7 heteroatoms. The molecule has 1 unspecified atom stereocenters. The Morgan fingerprint density at radius 2 is 2.00 bits per heavy atom. The van der Waals surface area contributed by atoms with Crippen LogP contribution in [0, 0.1) is 5.92 Å². The Labute approximate surface area is 106 Å². The van der Waals surface area contributed by atoms with Gasteiger partial charge in [-0.3, -0.25) is 4.79 Å². The van der Waals surface area contributed by atoms with Gasteiger partial charge in [0.05, 0.1) is 11.6 Å². The molecule has 0 heterocycles. The van der Waals surface area contributed by atoms with Gasteiger partial charge in [-0.1, -0.05) is 19.1 Å². The van der Waals surface area contributed by atoms with E-state index < -0.39 is 10.0 Å². The fourth-order valence-corrected chi connectivity index (χ4v) is 2.21. The maximum absolute atomic E-state index is 11.8. The molecule has 100 valence electrons. The van der Waals surface area contributed by atoms with Crippen molar-refractivity contribution in [2.45, 2.75) is 18.2 Å². The monoisotopic (exact) mass is 271 g/mol. The molecule has 18 heavy (non-hydrogen) atoms. The lowest BCUT2D eigenvalue weighted by Crippen LogP contribution is -2.29. The molecule has 0 saturated carbocycles. The standard InChI is InChI=1S/C11H17N3O3S/c1-2-8(7-12)11(15)14-9-5-3-4-6-10(9)18(13,16)17/h3-6,8H,2,7,12H2,1H3,(H,14,15)(H2,13,16,17). The van der Waals surface area contributed by atoms with Crippen molar-refractivity contribution in [3.63, 3.8) is 0 Å². The van der Waals surface area contributed by atoms with Crippen molar-refractivity contribution >= 4 is 21.6 Å². The van der Waals surface area contributed by atoms with Gasteiger partial charge in [-0.25, -0.2) is 13.6 Å². The number of para-hydroxylation sites is 1. The van der Waals surface area contributed by atoms with Crippen LogP contribution >= 0.6 is 0 Å². The van der Waals surface area contributed by atoms with Crippen molar-refractivity contribution in [1.29, 1.82) is 0 Å². The van der Waals surface area contributed by atoms with E-state index >= 15 is 0 Å². The first-order valence-corrected chi connectivity index (χ1v) is 7.07. The van der Waals surface area contributed by atoms with Gasteiger partial charge in [0, 0.05) is 6.54 Å². The Bertz CT molecular complexity index is 524. The second kappa shape index (κ2) is 5.94. The summed E-state index contributed by atoms with van der Waals surface area (Å²) in [6.45, 7) is 2.04. The highest BCUT2D eigenvalue weighted by Crippen LogP contribution is 2.20. The van der Waals surface area contributed by atoms with Crippen LogP contribution in [0.4, 0.5) is 5.69 Å². The van der Waals surface area contributed by atoms with Gasteiger partial charge in [-0.2, -0.15) is 0 Å². The Hall–Kier alpha value is -1.44. The lowest BCUT2D eigenvalue weighted by atomic mass is 10.1. The number of sulfonamides is 1. The molecule has 1 aromatic carbocycles. The third-order valence-corrected chi connectivity index (χ3v) is 3.57. The highest BCUT2D eigenvalue weighted by molar-refractivity contribution is 7.89. The van der Waals surface area contributed by atoms with Crippen molar-refractivity contribution < 1.29 is 13.2 Å². The van der Waals surface area contributed by atoms with Crippen LogP contribution < -0.4 is 16.2 Å². The second-order valence-corrected chi connectivity index (χ2v) is 5.40. The molecule has 5 N–H and O–H groups in total. The molecule has 0 bridgehead atoms. The summed E-state index contributed by atoms with van der Waals surface area (Å²) in [5.41, 5.74) is 5.64. The topological polar surface area (TPSA) is 115 Å². The van der Waals surface area contributed by atoms with Gasteiger partial charge in [0.15, 0.2) is 0 Å². The van der Waals surface area contributed by atoms with Crippen LogP contribution in [0.15, 0.2) is 29.2 Å². The van der Waals surface area contributed by atoms with E-state index in [1.54, 1.807) is 6.07 Å². The van der Waals surface area contributed by atoms with E-state index in [1.165, 1.54) is 18.2 Å². The SMILES string of the molecule is CCC(CN)C(=O)Nc1ccccc1S(N)(=O)=O. The predicted octanol–water partition coefficient (Wildman–Crippen LogP) is 0.257. The van der Waals surface area contributed by atoms with Gasteiger partial charge in [-0.05, 0) is 18.6 Å². The third-order valence-electron chi connectivity index (χ3n) is 2.60. The summed E-state index contributed by atoms with van der Waals surface area (Å²) >= 11 is 0. The maximum atomic E-state index is 11.8. The van der Waals surface area contributed by atoms with E-state index in [0.717, 1.165) is 0 Å². The highest BCUT2D eigenvalue weighted by Gasteiger charge is 2.19. The molecular weight excluding hydrogens is 254 g/mol. The number of hydrogen-bond donors (Lipinski definition) is 3. The molecule has 0 aliphatic rings. The Morgan fingerprint density at radius 3 is 2.50 bits per heavy atom. The van der Waals surface area contributed by atoms with E-state index in [1.807, 2.05) is 6.92 Å². The zero-order valence-electron chi connectivity index (χ0n) is 10.1. The predicted molar refractivity (Wildman–Crippen MR) is 69.3 cm³/mol. The number of primary sulfonamides is 1. The molecule has 0 fully saturated rings. The fraction of sp³-hybridized carbons (Fsp3) is 0.364. The minimum absolute atomic E-state index is 0.106. The number of nitrogens with two attached hydrogens (primary N) is 2. The lowest BCUT2D eigenvalue weighted by molar-refractivity contribution is -0.119. The van der Waals surface area contributed by atoms with Crippen LogP contribution in [0.25, 0.3) is 0 Å². The van der Waals surface area contributed by atoms with E-state index in [0.29, 0.717) is 6.42 Å². The van der Waals surface area contributed by atoms with E-state index in [-0.39, 0.29) is 29.0 Å². The molecule has 1 atom stereocenters. The zero-order chi connectivity index (χ0) is 13.8. The average Bonchev–Trinajstić information content (AvgIpc) is 2.30. The summed E-state index contributed by atoms with van der Waals surface area (Å²) in [6, 6.07) is 5.98. The van der Waals surface area contributed by atoms with Crippen LogP contribution in [0.5, 0.6) is 0 Å². The number of hydrogen-bond acceptors (Lipinski definition) is 4. The second-order valence-electron chi connectivity index (χ2n) is 3.87. The summed E-state index contributed by atoms with van der Waals surface area (Å²) in [5.74, 6) is -0.658. The minimum atomic E-state index is -3.86. The molecule has 0 radical (unpaired) electrons. The van der Waals surface area contributed by atoms with E-state index in [9.17, 15) is 13.2 Å². The molecule has 6 nitrogen and oxygen atoms in total. The van der Waals surface area contributed by atoms with Crippen LogP contribution in [0.1, 0.15) is 13.3 Å². The highest BCUT2D eigenvalue weighted by atomic mass is 32.2. The fourth-order valence-electron chi connectivity index (χ4n) is 1.51. The van der Waals surface area contributed by atoms with Crippen molar-refractivity contribution in [3.05, 3.63) is 24.3 Å². The Balaban J connectivity index is 3.02. The number of anilines is 1. The molecular formula is C11H17N3O3S. The number of benzene rings is 1. The summed E-state index contributed by atoms with van der Waals surface area (Å²) in [5, 5.41) is 7.61. The molecule has 0 aromatic heterocycles. The quantitative estimate of drug-likeness (QED) is 0.712. The first kappa shape index (κ1) is 14.6. The lowest BCUT2D eigenvalue weighted by Gasteiger charge is -2.14. The van der Waals surface area contributed by atoms with Crippen molar-refractivity contribution in [2.24, 2.45) is 16.8 Å². The number of nitrogens with one attached hydrogen (secondary N) is 1. The number of amides is 1. The molecule has 1 rings (SSSR count). The van der Waals surface area contributed by atoms with Gasteiger partial charge in [0.25, 0.3) is 0 Å². The largest absolute Gasteiger partial charge is 0.330 e. The molecule has 1 aromatic rings. The van der Waals surface area contributed by atoms with Gasteiger partial charge in [0.1, 0.15) is 4.90 Å². The minimum Gasteiger partial charge on any atom is -0.330 e. The summed E-state index contributed by atoms with van der Waals surface area (Å²) in [7, 11) is -3.86. The summed E-state index contributed by atoms with van der Waals surface area (Å²) in [4.78, 5) is 11.7. The number of carbonyl (C=O) groups is 1. The number of rotatable bonds is 5. The molecule has 0 aliphatic carbocycles. The molecule has 0 saturated heterocycles. The van der Waals surface area contributed by atoms with Crippen LogP contribution in [-0.2, 0) is 14.8 Å². The van der Waals surface area contributed by atoms with Crippen LogP contribution in [0.3, 0.4) is 0 Å². The molecule has 0 spiro atoms. The Morgan fingerprint density at radius 1 is 1.39 bits per heavy atom. The Kier molecular flexibility index (Phi) is 4.83. The van der Waals surface area contributed by atoms with Gasteiger partial charge in [-0.15, -0.1) is 0 Å². The van der Waals surface area contributed by atoms with Gasteiger partial charge < -0.3 is 11.1 Å². The normalized spacial score (nSPS) is 13.1. The number of carbonyl (C=O) groups excluding carboxylic acids is 1. The summed E-state index contributed by atoms with van der Waals surface area (Å²) in [6.07, 6.45) is 0.583. The average molecular weight is 271 g/mol. The first-order valence-electron chi connectivity index (χ1n) is 5.53. The van der Waals surface area contributed by atoms with Gasteiger partial charge in [0.2, 0.25) is 15.9 Å². The van der Waals surface area contributed by atoms with Crippen molar-refractivity contribution in [3.8, 4) is 0 Å². The third kappa shape index (κ3) is 3.52. The maximum Gasteiger partial charge on any atom is 0.240 e. The molecule has 0 aliphatic heterocycles. The van der Waals surface area contributed by atoms with E-state index in [4.69, 9.17) is 10.9 Å². The van der Waals surface area contributed by atoms with Crippen LogP contribution in [0.2, 0.25) is 0 Å². The van der Waals surface area contributed by atoms with Crippen molar-refractivity contribution in [2.75, 3.05) is 11.9 Å². The van der Waals surface area contributed by atoms with E-state index in [2.05, 4.69) is 5.32 Å². The zero-order valence-corrected chi connectivity index (χ0v) is 10.9. The molecule has 1 amide bonds. The smallest absolute Gasteiger partial charge is 0.240 e.